The molecule has 0 spiro atoms. The van der Waals surface area contributed by atoms with Gasteiger partial charge in [-0.25, -0.2) is 0 Å². The zero-order chi connectivity index (χ0) is 21.1. The Kier molecular flexibility index (Phi) is 13.1. The van der Waals surface area contributed by atoms with Gasteiger partial charge in [0.1, 0.15) is 17.6 Å². The van der Waals surface area contributed by atoms with Gasteiger partial charge in [0.2, 0.25) is 0 Å². The van der Waals surface area contributed by atoms with E-state index in [-0.39, 0.29) is 30.1 Å². The van der Waals surface area contributed by atoms with Gasteiger partial charge in [0.05, 0.1) is 20.2 Å². The van der Waals surface area contributed by atoms with Crippen LogP contribution < -0.4 is 20.1 Å². The van der Waals surface area contributed by atoms with Gasteiger partial charge in [-0.3, -0.25) is 9.89 Å². The molecular weight excluding hydrogens is 493 g/mol. The van der Waals surface area contributed by atoms with Gasteiger partial charge in [-0.05, 0) is 39.4 Å². The third kappa shape index (κ3) is 9.26. The second kappa shape index (κ2) is 14.7. The van der Waals surface area contributed by atoms with E-state index in [1.54, 1.807) is 7.11 Å². The van der Waals surface area contributed by atoms with Crippen molar-refractivity contribution in [2.45, 2.75) is 39.8 Å². The maximum Gasteiger partial charge on any atom is 0.191 e. The van der Waals surface area contributed by atoms with E-state index >= 15 is 0 Å². The van der Waals surface area contributed by atoms with Gasteiger partial charge < -0.3 is 25.0 Å². The number of methoxy groups -OCH3 is 1. The van der Waals surface area contributed by atoms with Crippen LogP contribution >= 0.6 is 24.0 Å². The van der Waals surface area contributed by atoms with E-state index in [0.717, 1.165) is 63.3 Å². The third-order valence-corrected chi connectivity index (χ3v) is 5.27. The molecule has 30 heavy (non-hydrogen) atoms. The molecule has 1 aliphatic rings. The van der Waals surface area contributed by atoms with Crippen molar-refractivity contribution in [2.75, 3.05) is 59.5 Å². The first-order chi connectivity index (χ1) is 14.0. The lowest BCUT2D eigenvalue weighted by Gasteiger charge is -2.37. The van der Waals surface area contributed by atoms with Crippen molar-refractivity contribution >= 4 is 29.9 Å². The summed E-state index contributed by atoms with van der Waals surface area (Å²) in [5, 5.41) is 6.73. The molecule has 8 heteroatoms. The van der Waals surface area contributed by atoms with E-state index in [4.69, 9.17) is 14.5 Å². The molecule has 0 bridgehead atoms. The summed E-state index contributed by atoms with van der Waals surface area (Å²) in [5.41, 5.74) is 0. The predicted molar refractivity (Wildman–Crippen MR) is 136 cm³/mol. The van der Waals surface area contributed by atoms with Crippen LogP contribution in [0.5, 0.6) is 11.5 Å². The van der Waals surface area contributed by atoms with Crippen molar-refractivity contribution < 1.29 is 9.47 Å². The molecule has 0 aliphatic carbocycles. The zero-order valence-corrected chi connectivity index (χ0v) is 21.5. The molecule has 1 aromatic carbocycles. The highest BCUT2D eigenvalue weighted by atomic mass is 127. The van der Waals surface area contributed by atoms with E-state index in [9.17, 15) is 0 Å². The van der Waals surface area contributed by atoms with Crippen molar-refractivity contribution in [3.63, 3.8) is 0 Å². The van der Waals surface area contributed by atoms with Crippen molar-refractivity contribution in [1.82, 2.24) is 20.4 Å². The molecule has 1 aromatic rings. The minimum absolute atomic E-state index is 0. The number of likely N-dealkylation sites (N-methyl/N-ethyl adjacent to an activating group) is 1. The number of hydrogen-bond donors (Lipinski definition) is 2. The van der Waals surface area contributed by atoms with Gasteiger partial charge >= 0.3 is 0 Å². The number of hydrogen-bond acceptors (Lipinski definition) is 5. The SMILES string of the molecule is CCNC(=NCC(C)N1CCN(CC)CC1)NCC(C)Oc1cccc(OC)c1.I. The molecule has 172 valence electrons. The lowest BCUT2D eigenvalue weighted by molar-refractivity contribution is 0.109. The topological polar surface area (TPSA) is 61.4 Å². The number of halogens is 1. The number of rotatable bonds is 10. The summed E-state index contributed by atoms with van der Waals surface area (Å²) in [6, 6.07) is 8.12. The summed E-state index contributed by atoms with van der Waals surface area (Å²) >= 11 is 0. The summed E-state index contributed by atoms with van der Waals surface area (Å²) in [6.45, 7) is 16.6. The van der Waals surface area contributed by atoms with E-state index in [1.807, 2.05) is 31.2 Å². The van der Waals surface area contributed by atoms with E-state index < -0.39 is 0 Å². The van der Waals surface area contributed by atoms with Crippen molar-refractivity contribution in [2.24, 2.45) is 4.99 Å². The van der Waals surface area contributed by atoms with Crippen LogP contribution in [0.3, 0.4) is 0 Å². The molecular formula is C22H40IN5O2. The molecule has 2 N–H and O–H groups in total. The summed E-state index contributed by atoms with van der Waals surface area (Å²) < 4.78 is 11.2. The molecule has 1 saturated heterocycles. The molecule has 1 fully saturated rings. The first kappa shape index (κ1) is 26.8. The molecule has 0 amide bonds. The Morgan fingerprint density at radius 3 is 2.43 bits per heavy atom. The largest absolute Gasteiger partial charge is 0.497 e. The summed E-state index contributed by atoms with van der Waals surface area (Å²) in [4.78, 5) is 9.84. The van der Waals surface area contributed by atoms with Crippen LogP contribution in [0.4, 0.5) is 0 Å². The Hall–Kier alpha value is -1.26. The highest BCUT2D eigenvalue weighted by Crippen LogP contribution is 2.19. The van der Waals surface area contributed by atoms with Gasteiger partial charge in [-0.1, -0.05) is 13.0 Å². The maximum absolute atomic E-state index is 5.99. The van der Waals surface area contributed by atoms with E-state index in [1.165, 1.54) is 0 Å². The fourth-order valence-electron chi connectivity index (χ4n) is 3.39. The zero-order valence-electron chi connectivity index (χ0n) is 19.2. The second-order valence-corrected chi connectivity index (χ2v) is 7.53. The van der Waals surface area contributed by atoms with Crippen LogP contribution in [-0.4, -0.2) is 87.4 Å². The standard InChI is InChI=1S/C22H39N5O2.HI/c1-6-23-22(24-16-18(3)27-13-11-26(7-2)12-14-27)25-17-19(4)29-21-10-8-9-20(15-21)28-5;/h8-10,15,18-19H,6-7,11-14,16-17H2,1-5H3,(H2,23,24,25);1H. The molecule has 0 aromatic heterocycles. The molecule has 2 rings (SSSR count). The fraction of sp³-hybridized carbons (Fsp3) is 0.682. The number of aliphatic imine (C=N–C) groups is 1. The Labute approximate surface area is 199 Å². The molecule has 0 saturated carbocycles. The van der Waals surface area contributed by atoms with Gasteiger partial charge in [0, 0.05) is 44.8 Å². The Bertz CT molecular complexity index is 623. The smallest absolute Gasteiger partial charge is 0.191 e. The first-order valence-corrected chi connectivity index (χ1v) is 10.8. The number of benzene rings is 1. The normalized spacial score (nSPS) is 17.6. The quantitative estimate of drug-likeness (QED) is 0.274. The average Bonchev–Trinajstić information content (AvgIpc) is 2.75. The molecule has 1 heterocycles. The molecule has 0 radical (unpaired) electrons. The lowest BCUT2D eigenvalue weighted by Crippen LogP contribution is -2.50. The minimum atomic E-state index is 0. The Morgan fingerprint density at radius 1 is 1.10 bits per heavy atom. The maximum atomic E-state index is 5.99. The Balaban J connectivity index is 0.00000450. The first-order valence-electron chi connectivity index (χ1n) is 10.8. The fourth-order valence-corrected chi connectivity index (χ4v) is 3.39. The van der Waals surface area contributed by atoms with E-state index in [2.05, 4.69) is 41.2 Å². The predicted octanol–water partition coefficient (Wildman–Crippen LogP) is 2.66. The highest BCUT2D eigenvalue weighted by molar-refractivity contribution is 14.0. The molecule has 2 atom stereocenters. The van der Waals surface area contributed by atoms with Crippen LogP contribution in [0, 0.1) is 0 Å². The van der Waals surface area contributed by atoms with Crippen LogP contribution in [-0.2, 0) is 0 Å². The van der Waals surface area contributed by atoms with Gasteiger partial charge in [-0.15, -0.1) is 24.0 Å². The number of nitrogens with one attached hydrogen (secondary N) is 2. The number of piperazine rings is 1. The molecule has 7 nitrogen and oxygen atoms in total. The highest BCUT2D eigenvalue weighted by Gasteiger charge is 2.20. The van der Waals surface area contributed by atoms with Crippen molar-refractivity contribution in [1.29, 1.82) is 0 Å². The molecule has 1 aliphatic heterocycles. The van der Waals surface area contributed by atoms with Gasteiger partial charge in [-0.2, -0.15) is 0 Å². The van der Waals surface area contributed by atoms with Crippen LogP contribution in [0.15, 0.2) is 29.3 Å². The van der Waals surface area contributed by atoms with Crippen LogP contribution in [0.2, 0.25) is 0 Å². The van der Waals surface area contributed by atoms with Crippen molar-refractivity contribution in [3.8, 4) is 11.5 Å². The summed E-state index contributed by atoms with van der Waals surface area (Å²) in [6.07, 6.45) is 0.00510. The monoisotopic (exact) mass is 533 g/mol. The number of guanidine groups is 1. The van der Waals surface area contributed by atoms with Crippen molar-refractivity contribution in [3.05, 3.63) is 24.3 Å². The van der Waals surface area contributed by atoms with Gasteiger partial charge in [0.25, 0.3) is 0 Å². The third-order valence-electron chi connectivity index (χ3n) is 5.27. The second-order valence-electron chi connectivity index (χ2n) is 7.53. The van der Waals surface area contributed by atoms with E-state index in [0.29, 0.717) is 12.6 Å². The summed E-state index contributed by atoms with van der Waals surface area (Å²) in [7, 11) is 1.66. The number of ether oxygens (including phenoxy) is 2. The average molecular weight is 533 g/mol. The van der Waals surface area contributed by atoms with Crippen LogP contribution in [0.1, 0.15) is 27.7 Å². The Morgan fingerprint density at radius 2 is 1.80 bits per heavy atom. The minimum Gasteiger partial charge on any atom is -0.497 e. The number of nitrogens with zero attached hydrogens (tertiary/aromatic N) is 3. The van der Waals surface area contributed by atoms with Crippen LogP contribution in [0.25, 0.3) is 0 Å². The molecule has 2 unspecified atom stereocenters. The lowest BCUT2D eigenvalue weighted by atomic mass is 10.2. The summed E-state index contributed by atoms with van der Waals surface area (Å²) in [5.74, 6) is 2.44. The van der Waals surface area contributed by atoms with Gasteiger partial charge in [0.15, 0.2) is 5.96 Å².